The molecule has 2 aromatic rings. The number of amides is 1. The van der Waals surface area contributed by atoms with Crippen molar-refractivity contribution in [2.24, 2.45) is 0 Å². The van der Waals surface area contributed by atoms with E-state index < -0.39 is 0 Å². The predicted molar refractivity (Wildman–Crippen MR) is 101 cm³/mol. The molecule has 1 N–H and O–H groups in total. The Morgan fingerprint density at radius 3 is 2.56 bits per heavy atom. The molecule has 0 unspecified atom stereocenters. The highest BCUT2D eigenvalue weighted by Crippen LogP contribution is 2.27. The predicted octanol–water partition coefficient (Wildman–Crippen LogP) is 4.04. The van der Waals surface area contributed by atoms with Gasteiger partial charge >= 0.3 is 0 Å². The van der Waals surface area contributed by atoms with E-state index in [0.717, 1.165) is 16.7 Å². The minimum Gasteiger partial charge on any atom is -0.493 e. The second-order valence-electron chi connectivity index (χ2n) is 5.57. The van der Waals surface area contributed by atoms with Crippen molar-refractivity contribution in [1.82, 2.24) is 5.32 Å². The SMILES string of the molecule is COc1ccc(CCNC(=O)/C=C/c2ccc(C)c(Cl)c2)cc1OC. The van der Waals surface area contributed by atoms with Crippen LogP contribution in [-0.2, 0) is 11.2 Å². The minimum atomic E-state index is -0.142. The first kappa shape index (κ1) is 18.9. The molecule has 0 saturated heterocycles. The van der Waals surface area contributed by atoms with Crippen LogP contribution < -0.4 is 14.8 Å². The quantitative estimate of drug-likeness (QED) is 0.759. The zero-order chi connectivity index (χ0) is 18.2. The Kier molecular flexibility index (Phi) is 6.90. The second kappa shape index (κ2) is 9.14. The van der Waals surface area contributed by atoms with Crippen molar-refractivity contribution in [3.8, 4) is 11.5 Å². The average molecular weight is 360 g/mol. The second-order valence-corrected chi connectivity index (χ2v) is 5.98. The van der Waals surface area contributed by atoms with Crippen LogP contribution in [0.15, 0.2) is 42.5 Å². The number of benzene rings is 2. The van der Waals surface area contributed by atoms with Gasteiger partial charge in [0, 0.05) is 17.6 Å². The maximum absolute atomic E-state index is 11.9. The summed E-state index contributed by atoms with van der Waals surface area (Å²) in [6, 6.07) is 11.4. The van der Waals surface area contributed by atoms with Crippen LogP contribution in [0.3, 0.4) is 0 Å². The number of halogens is 1. The summed E-state index contributed by atoms with van der Waals surface area (Å²) in [6.07, 6.45) is 3.96. The standard InChI is InChI=1S/C20H22ClNO3/c1-14-4-5-15(12-17(14)21)7-9-20(23)22-11-10-16-6-8-18(24-2)19(13-16)25-3/h4-9,12-13H,10-11H2,1-3H3,(H,22,23)/b9-7+. The van der Waals surface area contributed by atoms with E-state index in [4.69, 9.17) is 21.1 Å². The third-order valence-electron chi connectivity index (χ3n) is 3.78. The molecule has 0 saturated carbocycles. The summed E-state index contributed by atoms with van der Waals surface area (Å²) < 4.78 is 10.5. The lowest BCUT2D eigenvalue weighted by molar-refractivity contribution is -0.116. The third-order valence-corrected chi connectivity index (χ3v) is 4.19. The molecule has 2 rings (SSSR count). The third kappa shape index (κ3) is 5.54. The van der Waals surface area contributed by atoms with Gasteiger partial charge in [-0.1, -0.05) is 29.8 Å². The van der Waals surface area contributed by atoms with E-state index in [2.05, 4.69) is 5.32 Å². The van der Waals surface area contributed by atoms with Gasteiger partial charge in [0.05, 0.1) is 14.2 Å². The van der Waals surface area contributed by atoms with Crippen LogP contribution in [0.5, 0.6) is 11.5 Å². The number of rotatable bonds is 7. The van der Waals surface area contributed by atoms with Crippen LogP contribution in [0.4, 0.5) is 0 Å². The van der Waals surface area contributed by atoms with E-state index in [1.807, 2.05) is 43.3 Å². The molecule has 0 aromatic heterocycles. The molecule has 0 aliphatic heterocycles. The molecule has 0 aliphatic rings. The maximum atomic E-state index is 11.9. The first-order valence-electron chi connectivity index (χ1n) is 7.96. The molecule has 0 spiro atoms. The molecule has 1 amide bonds. The van der Waals surface area contributed by atoms with Gasteiger partial charge in [-0.05, 0) is 54.3 Å². The lowest BCUT2D eigenvalue weighted by atomic mass is 10.1. The maximum Gasteiger partial charge on any atom is 0.244 e. The van der Waals surface area contributed by atoms with Gasteiger partial charge in [0.15, 0.2) is 11.5 Å². The van der Waals surface area contributed by atoms with Gasteiger partial charge in [-0.15, -0.1) is 0 Å². The molecule has 4 nitrogen and oxygen atoms in total. The molecule has 0 atom stereocenters. The van der Waals surface area contributed by atoms with Gasteiger partial charge in [0.25, 0.3) is 0 Å². The van der Waals surface area contributed by atoms with E-state index in [1.54, 1.807) is 20.3 Å². The fourth-order valence-corrected chi connectivity index (χ4v) is 2.50. The molecular weight excluding hydrogens is 338 g/mol. The highest BCUT2D eigenvalue weighted by atomic mass is 35.5. The molecule has 0 radical (unpaired) electrons. The van der Waals surface area contributed by atoms with Crippen molar-refractivity contribution in [2.45, 2.75) is 13.3 Å². The number of methoxy groups -OCH3 is 2. The fourth-order valence-electron chi connectivity index (χ4n) is 2.31. The van der Waals surface area contributed by atoms with Crippen molar-refractivity contribution in [2.75, 3.05) is 20.8 Å². The number of nitrogens with one attached hydrogen (secondary N) is 1. The fraction of sp³-hybridized carbons (Fsp3) is 0.250. The van der Waals surface area contributed by atoms with Crippen molar-refractivity contribution in [3.05, 3.63) is 64.2 Å². The topological polar surface area (TPSA) is 47.6 Å². The van der Waals surface area contributed by atoms with Crippen LogP contribution in [0.2, 0.25) is 5.02 Å². The Hall–Kier alpha value is -2.46. The van der Waals surface area contributed by atoms with Crippen LogP contribution >= 0.6 is 11.6 Å². The minimum absolute atomic E-state index is 0.142. The van der Waals surface area contributed by atoms with Crippen LogP contribution in [0, 0.1) is 6.92 Å². The van der Waals surface area contributed by atoms with Gasteiger partial charge in [-0.3, -0.25) is 4.79 Å². The lowest BCUT2D eigenvalue weighted by Crippen LogP contribution is -2.23. The first-order valence-corrected chi connectivity index (χ1v) is 8.34. The van der Waals surface area contributed by atoms with Gasteiger partial charge in [-0.2, -0.15) is 0 Å². The molecule has 0 heterocycles. The molecule has 25 heavy (non-hydrogen) atoms. The van der Waals surface area contributed by atoms with Crippen LogP contribution in [0.1, 0.15) is 16.7 Å². The molecule has 0 aliphatic carbocycles. The first-order chi connectivity index (χ1) is 12.0. The summed E-state index contributed by atoms with van der Waals surface area (Å²) in [5, 5.41) is 3.55. The van der Waals surface area contributed by atoms with Gasteiger partial charge in [0.1, 0.15) is 0 Å². The number of carbonyl (C=O) groups excluding carboxylic acids is 1. The summed E-state index contributed by atoms with van der Waals surface area (Å²) in [5.41, 5.74) is 2.97. The Labute approximate surface area is 153 Å². The largest absolute Gasteiger partial charge is 0.493 e. The van der Waals surface area contributed by atoms with E-state index in [1.165, 1.54) is 6.08 Å². The lowest BCUT2D eigenvalue weighted by Gasteiger charge is -2.09. The summed E-state index contributed by atoms with van der Waals surface area (Å²) in [7, 11) is 3.21. The zero-order valence-electron chi connectivity index (χ0n) is 14.6. The zero-order valence-corrected chi connectivity index (χ0v) is 15.4. The van der Waals surface area contributed by atoms with Gasteiger partial charge in [0.2, 0.25) is 5.91 Å². The van der Waals surface area contributed by atoms with E-state index >= 15 is 0 Å². The number of carbonyl (C=O) groups is 1. The average Bonchev–Trinajstić information content (AvgIpc) is 2.62. The van der Waals surface area contributed by atoms with E-state index in [9.17, 15) is 4.79 Å². The number of hydrogen-bond acceptors (Lipinski definition) is 3. The van der Waals surface area contributed by atoms with Crippen molar-refractivity contribution >= 4 is 23.6 Å². The Morgan fingerprint density at radius 2 is 1.88 bits per heavy atom. The number of aryl methyl sites for hydroxylation is 1. The Balaban J connectivity index is 1.86. The van der Waals surface area contributed by atoms with Crippen LogP contribution in [0.25, 0.3) is 6.08 Å². The highest BCUT2D eigenvalue weighted by Gasteiger charge is 2.05. The van der Waals surface area contributed by atoms with Crippen molar-refractivity contribution < 1.29 is 14.3 Å². The molecule has 0 fully saturated rings. The summed E-state index contributed by atoms with van der Waals surface area (Å²) in [5.74, 6) is 1.23. The molecule has 2 aromatic carbocycles. The van der Waals surface area contributed by atoms with E-state index in [-0.39, 0.29) is 5.91 Å². The smallest absolute Gasteiger partial charge is 0.244 e. The summed E-state index contributed by atoms with van der Waals surface area (Å²) in [6.45, 7) is 2.48. The molecule has 5 heteroatoms. The van der Waals surface area contributed by atoms with Crippen LogP contribution in [-0.4, -0.2) is 26.7 Å². The summed E-state index contributed by atoms with van der Waals surface area (Å²) in [4.78, 5) is 11.9. The molecule has 132 valence electrons. The van der Waals surface area contributed by atoms with E-state index in [0.29, 0.717) is 29.5 Å². The molecule has 0 bridgehead atoms. The highest BCUT2D eigenvalue weighted by molar-refractivity contribution is 6.31. The normalized spacial score (nSPS) is 10.7. The van der Waals surface area contributed by atoms with Gasteiger partial charge < -0.3 is 14.8 Å². The Morgan fingerprint density at radius 1 is 1.12 bits per heavy atom. The monoisotopic (exact) mass is 359 g/mol. The number of ether oxygens (including phenoxy) is 2. The Bertz CT molecular complexity index is 772. The molecular formula is C20H22ClNO3. The van der Waals surface area contributed by atoms with Crippen molar-refractivity contribution in [3.63, 3.8) is 0 Å². The van der Waals surface area contributed by atoms with Crippen molar-refractivity contribution in [1.29, 1.82) is 0 Å². The van der Waals surface area contributed by atoms with Gasteiger partial charge in [-0.25, -0.2) is 0 Å². The number of hydrogen-bond donors (Lipinski definition) is 1. The summed E-state index contributed by atoms with van der Waals surface area (Å²) >= 11 is 6.07.